The molecule has 0 amide bonds. The summed E-state index contributed by atoms with van der Waals surface area (Å²) >= 11 is -2.86. The monoisotopic (exact) mass is 252 g/mol. The minimum atomic E-state index is -2.86. The Balaban J connectivity index is 0. The van der Waals surface area contributed by atoms with Gasteiger partial charge >= 0.3 is 29.6 Å². The summed E-state index contributed by atoms with van der Waals surface area (Å²) in [5.41, 5.74) is 1.20. The van der Waals surface area contributed by atoms with Gasteiger partial charge in [0.1, 0.15) is 5.75 Å². The molecule has 1 rings (SSSR count). The Labute approximate surface area is 120 Å². The molecule has 0 aliphatic rings. The minimum Gasteiger partial charge on any atom is -0.750 e. The summed E-state index contributed by atoms with van der Waals surface area (Å²) in [6, 6.07) is 7.96. The van der Waals surface area contributed by atoms with Crippen LogP contribution in [0.3, 0.4) is 0 Å². The molecule has 0 bridgehead atoms. The van der Waals surface area contributed by atoms with Crippen LogP contribution in [0.25, 0.3) is 6.08 Å². The summed E-state index contributed by atoms with van der Waals surface area (Å²) in [6.45, 7) is 2.00. The first-order chi connectivity index (χ1) is 7.10. The van der Waals surface area contributed by atoms with Gasteiger partial charge in [-0.2, -0.15) is 0 Å². The van der Waals surface area contributed by atoms with Crippen LogP contribution in [0.15, 0.2) is 30.3 Å². The second kappa shape index (κ2) is 11.3. The predicted octanol–water partition coefficient (Wildman–Crippen LogP) is -0.929. The van der Waals surface area contributed by atoms with Crippen LogP contribution in [0.5, 0.6) is 5.75 Å². The first-order valence-electron chi connectivity index (χ1n) is 4.15. The van der Waals surface area contributed by atoms with Crippen molar-refractivity contribution in [1.82, 2.24) is 0 Å². The Hall–Kier alpha value is -0.170. The zero-order valence-electron chi connectivity index (χ0n) is 9.54. The van der Waals surface area contributed by atoms with Gasteiger partial charge in [0.2, 0.25) is 0 Å². The number of rotatable bonds is 2. The van der Waals surface area contributed by atoms with Gasteiger partial charge in [-0.1, -0.05) is 24.3 Å². The van der Waals surface area contributed by atoms with E-state index in [1.165, 1.54) is 5.56 Å². The molecule has 0 spiro atoms. The van der Waals surface area contributed by atoms with Gasteiger partial charge in [-0.15, -0.1) is 0 Å². The quantitative estimate of drug-likeness (QED) is 0.545. The second-order valence-corrected chi connectivity index (χ2v) is 2.92. The number of hydrogen-bond donors (Lipinski definition) is 1. The third kappa shape index (κ3) is 10.4. The van der Waals surface area contributed by atoms with Gasteiger partial charge in [0.05, 0.1) is 18.5 Å². The SMILES string of the molecule is C/C=C/c1ccc(OC)cc1.O=S([O-])O.[Na+]. The van der Waals surface area contributed by atoms with Gasteiger partial charge in [0.15, 0.2) is 0 Å². The maximum absolute atomic E-state index is 8.56. The minimum absolute atomic E-state index is 0. The van der Waals surface area contributed by atoms with E-state index in [1.54, 1.807) is 7.11 Å². The predicted molar refractivity (Wildman–Crippen MR) is 59.3 cm³/mol. The molecule has 0 saturated carbocycles. The topological polar surface area (TPSA) is 69.6 Å². The van der Waals surface area contributed by atoms with Crippen LogP contribution in [0, 0.1) is 0 Å². The zero-order chi connectivity index (χ0) is 11.7. The van der Waals surface area contributed by atoms with E-state index in [0.717, 1.165) is 5.75 Å². The fraction of sp³-hybridized carbons (Fsp3) is 0.200. The first-order valence-corrected chi connectivity index (χ1v) is 5.18. The van der Waals surface area contributed by atoms with E-state index in [2.05, 4.69) is 6.08 Å². The van der Waals surface area contributed by atoms with Crippen molar-refractivity contribution in [3.8, 4) is 5.75 Å². The first kappa shape index (κ1) is 18.2. The molecule has 84 valence electrons. The van der Waals surface area contributed by atoms with E-state index in [9.17, 15) is 0 Å². The molecule has 1 aromatic rings. The van der Waals surface area contributed by atoms with Crippen LogP contribution in [-0.4, -0.2) is 20.4 Å². The Morgan fingerprint density at radius 2 is 1.81 bits per heavy atom. The van der Waals surface area contributed by atoms with Gasteiger partial charge in [0, 0.05) is 0 Å². The van der Waals surface area contributed by atoms with E-state index >= 15 is 0 Å². The number of allylic oxidation sites excluding steroid dienone is 1. The molecule has 0 heterocycles. The van der Waals surface area contributed by atoms with Crippen molar-refractivity contribution in [2.75, 3.05) is 7.11 Å². The zero-order valence-corrected chi connectivity index (χ0v) is 12.4. The fourth-order valence-corrected chi connectivity index (χ4v) is 0.907. The molecule has 0 aliphatic carbocycles. The summed E-state index contributed by atoms with van der Waals surface area (Å²) in [7, 11) is 1.67. The van der Waals surface area contributed by atoms with Crippen molar-refractivity contribution in [1.29, 1.82) is 0 Å². The average Bonchev–Trinajstić information content (AvgIpc) is 2.19. The van der Waals surface area contributed by atoms with Gasteiger partial charge in [0.25, 0.3) is 0 Å². The van der Waals surface area contributed by atoms with E-state index in [-0.39, 0.29) is 29.6 Å². The van der Waals surface area contributed by atoms with E-state index in [4.69, 9.17) is 18.1 Å². The van der Waals surface area contributed by atoms with E-state index < -0.39 is 11.4 Å². The largest absolute Gasteiger partial charge is 1.00 e. The molecule has 1 atom stereocenters. The molecule has 0 radical (unpaired) electrons. The molecule has 1 unspecified atom stereocenters. The molecule has 6 heteroatoms. The number of hydrogen-bond acceptors (Lipinski definition) is 3. The molecule has 0 aliphatic heterocycles. The van der Waals surface area contributed by atoms with Crippen LogP contribution in [-0.2, 0) is 11.4 Å². The average molecular weight is 252 g/mol. The van der Waals surface area contributed by atoms with Gasteiger partial charge < -0.3 is 13.8 Å². The van der Waals surface area contributed by atoms with Gasteiger partial charge in [-0.3, -0.25) is 0 Å². The van der Waals surface area contributed by atoms with Crippen LogP contribution in [0.1, 0.15) is 12.5 Å². The molecule has 0 fully saturated rings. The smallest absolute Gasteiger partial charge is 0.750 e. The van der Waals surface area contributed by atoms with E-state index in [0.29, 0.717) is 0 Å². The van der Waals surface area contributed by atoms with Gasteiger partial charge in [-0.25, -0.2) is 4.21 Å². The Morgan fingerprint density at radius 3 is 2.12 bits per heavy atom. The summed E-state index contributed by atoms with van der Waals surface area (Å²) < 4.78 is 29.1. The van der Waals surface area contributed by atoms with Crippen LogP contribution < -0.4 is 34.3 Å². The summed E-state index contributed by atoms with van der Waals surface area (Å²) in [4.78, 5) is 0. The van der Waals surface area contributed by atoms with Crippen molar-refractivity contribution in [2.24, 2.45) is 0 Å². The Bertz CT molecular complexity index is 320. The number of ether oxygens (including phenoxy) is 1. The maximum Gasteiger partial charge on any atom is 1.00 e. The normalized spacial score (nSPS) is 11.0. The summed E-state index contributed by atoms with van der Waals surface area (Å²) in [5, 5.41) is 0. The maximum atomic E-state index is 8.56. The van der Waals surface area contributed by atoms with Crippen molar-refractivity contribution >= 4 is 17.4 Å². The third-order valence-electron chi connectivity index (χ3n) is 1.47. The Morgan fingerprint density at radius 1 is 1.38 bits per heavy atom. The van der Waals surface area contributed by atoms with Gasteiger partial charge in [-0.05, 0) is 24.6 Å². The van der Waals surface area contributed by atoms with Crippen molar-refractivity contribution in [2.45, 2.75) is 6.92 Å². The van der Waals surface area contributed by atoms with Crippen molar-refractivity contribution in [3.05, 3.63) is 35.9 Å². The molecule has 0 aromatic heterocycles. The number of methoxy groups -OCH3 is 1. The molecule has 1 N–H and O–H groups in total. The second-order valence-electron chi connectivity index (χ2n) is 2.49. The van der Waals surface area contributed by atoms with Crippen LogP contribution >= 0.6 is 0 Å². The van der Waals surface area contributed by atoms with E-state index in [1.807, 2.05) is 37.3 Å². The van der Waals surface area contributed by atoms with Crippen LogP contribution in [0.4, 0.5) is 0 Å². The standard InChI is InChI=1S/C10H12O.Na.H2O3S/c1-3-4-9-5-7-10(11-2)8-6-9;;1-4(2)3/h3-8H,1-2H3;;(H2,1,2,3)/q;+1;/p-1/b4-3+;;. The third-order valence-corrected chi connectivity index (χ3v) is 1.47. The fourth-order valence-electron chi connectivity index (χ4n) is 0.907. The summed E-state index contributed by atoms with van der Waals surface area (Å²) in [5.74, 6) is 0.901. The van der Waals surface area contributed by atoms with Crippen LogP contribution in [0.2, 0.25) is 0 Å². The molecular formula is C10H13NaO4S. The van der Waals surface area contributed by atoms with Crippen molar-refractivity contribution in [3.63, 3.8) is 0 Å². The molecule has 0 saturated heterocycles. The Kier molecular flexibility index (Phi) is 12.9. The summed E-state index contributed by atoms with van der Waals surface area (Å²) in [6.07, 6.45) is 4.07. The molecule has 16 heavy (non-hydrogen) atoms. The molecule has 1 aromatic carbocycles. The number of benzene rings is 1. The van der Waals surface area contributed by atoms with Crippen molar-refractivity contribution < 1.29 is 47.6 Å². The molecular weight excluding hydrogens is 239 g/mol. The molecule has 4 nitrogen and oxygen atoms in total.